The lowest BCUT2D eigenvalue weighted by Crippen LogP contribution is -3.15. The Bertz CT molecular complexity index is 787. The Hall–Kier alpha value is -3.00. The normalized spacial score (nSPS) is 14.8. The van der Waals surface area contributed by atoms with Gasteiger partial charge in [0.15, 0.2) is 6.54 Å². The number of amides is 1. The lowest BCUT2D eigenvalue weighted by atomic mass is 10.2. The van der Waals surface area contributed by atoms with Crippen LogP contribution in [0.3, 0.4) is 0 Å². The van der Waals surface area contributed by atoms with Gasteiger partial charge >= 0.3 is 5.97 Å². The predicted octanol–water partition coefficient (Wildman–Crippen LogP) is 0.385. The van der Waals surface area contributed by atoms with Crippen molar-refractivity contribution in [1.82, 2.24) is 9.97 Å². The highest BCUT2D eigenvalue weighted by molar-refractivity contribution is 5.93. The van der Waals surface area contributed by atoms with Crippen LogP contribution in [0.25, 0.3) is 0 Å². The molecule has 1 aromatic heterocycles. The molecule has 148 valence electrons. The smallest absolute Gasteiger partial charge is 0.338 e. The molecule has 2 heterocycles. The first-order valence-electron chi connectivity index (χ1n) is 9.47. The van der Waals surface area contributed by atoms with Crippen LogP contribution in [0.15, 0.2) is 42.7 Å². The fraction of sp³-hybridized carbons (Fsp3) is 0.400. The zero-order valence-corrected chi connectivity index (χ0v) is 16.2. The van der Waals surface area contributed by atoms with Gasteiger partial charge in [0.2, 0.25) is 5.95 Å². The number of benzene rings is 1. The van der Waals surface area contributed by atoms with Crippen molar-refractivity contribution >= 4 is 23.5 Å². The molecule has 1 aromatic carbocycles. The molecule has 8 heteroatoms. The third-order valence-electron chi connectivity index (χ3n) is 4.46. The maximum atomic E-state index is 12.3. The minimum absolute atomic E-state index is 0.0445. The van der Waals surface area contributed by atoms with Crippen molar-refractivity contribution in [2.75, 3.05) is 42.9 Å². The number of aromatic nitrogens is 2. The highest BCUT2D eigenvalue weighted by Gasteiger charge is 2.23. The number of hydrogen-bond donors (Lipinski definition) is 2. The van der Waals surface area contributed by atoms with E-state index >= 15 is 0 Å². The number of nitrogens with zero attached hydrogens (tertiary/aromatic N) is 3. The third kappa shape index (κ3) is 5.50. The van der Waals surface area contributed by atoms with Crippen LogP contribution in [0, 0.1) is 0 Å². The van der Waals surface area contributed by atoms with Crippen LogP contribution >= 0.6 is 0 Å². The van der Waals surface area contributed by atoms with Gasteiger partial charge < -0.3 is 19.9 Å². The van der Waals surface area contributed by atoms with Gasteiger partial charge in [-0.1, -0.05) is 0 Å². The minimum atomic E-state index is -0.363. The molecule has 1 fully saturated rings. The first kappa shape index (κ1) is 19.8. The van der Waals surface area contributed by atoms with Gasteiger partial charge in [0.05, 0.1) is 37.8 Å². The van der Waals surface area contributed by atoms with Crippen molar-refractivity contribution in [3.05, 3.63) is 48.3 Å². The highest BCUT2D eigenvalue weighted by atomic mass is 16.5. The number of hydrogen-bond acceptors (Lipinski definition) is 6. The van der Waals surface area contributed by atoms with Crippen LogP contribution in [-0.2, 0) is 9.53 Å². The lowest BCUT2D eigenvalue weighted by molar-refractivity contribution is -0.892. The summed E-state index contributed by atoms with van der Waals surface area (Å²) >= 11 is 0. The molecule has 3 rings (SSSR count). The third-order valence-corrected chi connectivity index (χ3v) is 4.46. The van der Waals surface area contributed by atoms with Gasteiger partial charge in [0, 0.05) is 18.1 Å². The Morgan fingerprint density at radius 2 is 1.79 bits per heavy atom. The maximum absolute atomic E-state index is 12.3. The molecule has 28 heavy (non-hydrogen) atoms. The van der Waals surface area contributed by atoms with Crippen LogP contribution in [0.2, 0.25) is 0 Å². The van der Waals surface area contributed by atoms with E-state index in [0.29, 0.717) is 17.8 Å². The van der Waals surface area contributed by atoms with Gasteiger partial charge in [-0.15, -0.1) is 0 Å². The number of carbonyl (C=O) groups excluding carboxylic acids is 2. The van der Waals surface area contributed by atoms with E-state index in [-0.39, 0.29) is 18.0 Å². The van der Waals surface area contributed by atoms with Gasteiger partial charge in [-0.3, -0.25) is 4.79 Å². The molecular weight excluding hydrogens is 358 g/mol. The zero-order chi connectivity index (χ0) is 19.9. The second-order valence-electron chi connectivity index (χ2n) is 7.04. The summed E-state index contributed by atoms with van der Waals surface area (Å²) in [6.07, 6.45) is 3.31. The molecule has 1 amide bonds. The quantitative estimate of drug-likeness (QED) is 0.701. The Morgan fingerprint density at radius 3 is 2.39 bits per heavy atom. The summed E-state index contributed by atoms with van der Waals surface area (Å²) in [5.41, 5.74) is 1.14. The van der Waals surface area contributed by atoms with E-state index in [1.165, 1.54) is 4.90 Å². The van der Waals surface area contributed by atoms with Gasteiger partial charge in [0.25, 0.3) is 5.91 Å². The van der Waals surface area contributed by atoms with Crippen LogP contribution < -0.4 is 15.1 Å². The topological polar surface area (TPSA) is 88.9 Å². The van der Waals surface area contributed by atoms with Crippen LogP contribution in [0.1, 0.15) is 24.2 Å². The largest absolute Gasteiger partial charge is 0.459 e. The summed E-state index contributed by atoms with van der Waals surface area (Å²) in [5, 5.41) is 2.89. The molecule has 0 unspecified atom stereocenters. The Balaban J connectivity index is 1.45. The number of piperazine rings is 1. The maximum Gasteiger partial charge on any atom is 0.338 e. The summed E-state index contributed by atoms with van der Waals surface area (Å²) in [6.45, 7) is 7.36. The number of anilines is 2. The van der Waals surface area contributed by atoms with Crippen LogP contribution in [0.4, 0.5) is 11.6 Å². The van der Waals surface area contributed by atoms with E-state index < -0.39 is 0 Å². The van der Waals surface area contributed by atoms with E-state index in [1.807, 2.05) is 13.8 Å². The van der Waals surface area contributed by atoms with Crippen molar-refractivity contribution in [3.8, 4) is 0 Å². The molecule has 1 aliphatic rings. The summed E-state index contributed by atoms with van der Waals surface area (Å²) < 4.78 is 5.16. The first-order valence-corrected chi connectivity index (χ1v) is 9.47. The Kier molecular flexibility index (Phi) is 6.54. The molecule has 0 bridgehead atoms. The summed E-state index contributed by atoms with van der Waals surface area (Å²) in [7, 11) is 0. The molecule has 8 nitrogen and oxygen atoms in total. The number of carbonyl (C=O) groups is 2. The molecule has 0 radical (unpaired) electrons. The van der Waals surface area contributed by atoms with Gasteiger partial charge in [-0.05, 0) is 44.2 Å². The van der Waals surface area contributed by atoms with E-state index in [0.717, 1.165) is 32.1 Å². The Labute approximate surface area is 164 Å². The highest BCUT2D eigenvalue weighted by Crippen LogP contribution is 2.11. The van der Waals surface area contributed by atoms with E-state index in [9.17, 15) is 9.59 Å². The average Bonchev–Trinajstić information content (AvgIpc) is 2.69. The van der Waals surface area contributed by atoms with Gasteiger partial charge in [0.1, 0.15) is 0 Å². The van der Waals surface area contributed by atoms with Crippen molar-refractivity contribution in [2.24, 2.45) is 0 Å². The molecule has 1 saturated heterocycles. The van der Waals surface area contributed by atoms with E-state index in [1.54, 1.807) is 42.7 Å². The number of nitrogens with one attached hydrogen (secondary N) is 2. The first-order chi connectivity index (χ1) is 13.5. The zero-order valence-electron chi connectivity index (χ0n) is 16.2. The monoisotopic (exact) mass is 384 g/mol. The second-order valence-corrected chi connectivity index (χ2v) is 7.04. The van der Waals surface area contributed by atoms with Gasteiger partial charge in [-0.25, -0.2) is 14.8 Å². The number of esters is 1. The van der Waals surface area contributed by atoms with Gasteiger partial charge in [-0.2, -0.15) is 0 Å². The number of ether oxygens (including phenoxy) is 1. The fourth-order valence-corrected chi connectivity index (χ4v) is 3.06. The average molecular weight is 384 g/mol. The van der Waals surface area contributed by atoms with Crippen molar-refractivity contribution in [3.63, 3.8) is 0 Å². The molecule has 0 aliphatic carbocycles. The van der Waals surface area contributed by atoms with Crippen LogP contribution in [-0.4, -0.2) is 60.7 Å². The molecule has 0 atom stereocenters. The van der Waals surface area contributed by atoms with Crippen molar-refractivity contribution < 1.29 is 19.2 Å². The lowest BCUT2D eigenvalue weighted by Gasteiger charge is -2.31. The van der Waals surface area contributed by atoms with Crippen molar-refractivity contribution in [1.29, 1.82) is 0 Å². The molecular formula is C20H26N5O3+. The fourth-order valence-electron chi connectivity index (χ4n) is 3.06. The number of rotatable bonds is 6. The molecule has 2 aromatic rings. The molecule has 2 N–H and O–H groups in total. The standard InChI is InChI=1S/C20H25N5O3/c1-15(2)28-19(27)16-4-6-17(7-5-16)23-18(26)14-24-10-12-25(13-11-24)20-21-8-3-9-22-20/h3-9,15H,10-14H2,1-2H3,(H,23,26)/p+1. The molecule has 1 aliphatic heterocycles. The molecule has 0 spiro atoms. The minimum Gasteiger partial charge on any atom is -0.459 e. The second kappa shape index (κ2) is 9.27. The Morgan fingerprint density at radius 1 is 1.14 bits per heavy atom. The molecule has 0 saturated carbocycles. The summed E-state index contributed by atoms with van der Waals surface area (Å²) in [4.78, 5) is 36.1. The summed E-state index contributed by atoms with van der Waals surface area (Å²) in [5.74, 6) is 0.330. The van der Waals surface area contributed by atoms with Crippen molar-refractivity contribution in [2.45, 2.75) is 20.0 Å². The predicted molar refractivity (Wildman–Crippen MR) is 105 cm³/mol. The van der Waals surface area contributed by atoms with Crippen LogP contribution in [0.5, 0.6) is 0 Å². The number of quaternary nitrogens is 1. The van der Waals surface area contributed by atoms with E-state index in [2.05, 4.69) is 20.2 Å². The summed E-state index contributed by atoms with van der Waals surface area (Å²) in [6, 6.07) is 8.55. The SMILES string of the molecule is CC(C)OC(=O)c1ccc(NC(=O)C[NH+]2CCN(c3ncccn3)CC2)cc1. The van der Waals surface area contributed by atoms with E-state index in [4.69, 9.17) is 4.74 Å².